The lowest BCUT2D eigenvalue weighted by atomic mass is 9.76. The van der Waals surface area contributed by atoms with Gasteiger partial charge in [-0.1, -0.05) is 12.1 Å². The molecule has 1 aromatic carbocycles. The van der Waals surface area contributed by atoms with E-state index in [-0.39, 0.29) is 30.6 Å². The Labute approximate surface area is 115 Å². The lowest BCUT2D eigenvalue weighted by molar-refractivity contribution is -0.184. The van der Waals surface area contributed by atoms with Gasteiger partial charge in [-0.25, -0.2) is 4.39 Å². The summed E-state index contributed by atoms with van der Waals surface area (Å²) in [4.78, 5) is 0. The molecule has 112 valence electrons. The third-order valence-electron chi connectivity index (χ3n) is 4.11. The number of hydrazine groups is 1. The minimum atomic E-state index is -4.10. The maximum absolute atomic E-state index is 12.9. The van der Waals surface area contributed by atoms with Gasteiger partial charge in [-0.2, -0.15) is 13.2 Å². The zero-order valence-corrected chi connectivity index (χ0v) is 11.0. The van der Waals surface area contributed by atoms with Crippen LogP contribution >= 0.6 is 0 Å². The number of nitrogens with one attached hydrogen (secondary N) is 1. The average molecular weight is 290 g/mol. The second-order valence-corrected chi connectivity index (χ2v) is 5.35. The van der Waals surface area contributed by atoms with Gasteiger partial charge in [-0.15, -0.1) is 0 Å². The molecule has 1 unspecified atom stereocenters. The number of benzene rings is 1. The minimum Gasteiger partial charge on any atom is -0.271 e. The number of nitrogens with two attached hydrogens (primary N) is 1. The van der Waals surface area contributed by atoms with Crippen LogP contribution in [0.2, 0.25) is 0 Å². The van der Waals surface area contributed by atoms with Crippen molar-refractivity contribution in [3.05, 3.63) is 35.6 Å². The van der Waals surface area contributed by atoms with E-state index in [4.69, 9.17) is 5.84 Å². The summed E-state index contributed by atoms with van der Waals surface area (Å²) in [7, 11) is 0. The Balaban J connectivity index is 2.02. The van der Waals surface area contributed by atoms with Crippen LogP contribution in [0.5, 0.6) is 0 Å². The van der Waals surface area contributed by atoms with Crippen LogP contribution in [0.1, 0.15) is 37.3 Å². The maximum Gasteiger partial charge on any atom is 0.391 e. The van der Waals surface area contributed by atoms with Gasteiger partial charge >= 0.3 is 6.18 Å². The standard InChI is InChI=1S/C14H18F4N2/c15-12-7-3-10(4-8-12)13(20-19)9-1-5-11(6-2-9)14(16,17)18/h3-4,7-9,11,13,20H,1-2,5-6,19H2. The Hall–Kier alpha value is -1.14. The molecule has 1 aromatic rings. The van der Waals surface area contributed by atoms with Gasteiger partial charge in [0.2, 0.25) is 0 Å². The fourth-order valence-corrected chi connectivity index (χ4v) is 2.95. The number of alkyl halides is 3. The molecule has 2 rings (SSSR count). The summed E-state index contributed by atoms with van der Waals surface area (Å²) in [5.41, 5.74) is 3.47. The van der Waals surface area contributed by atoms with E-state index in [1.165, 1.54) is 12.1 Å². The van der Waals surface area contributed by atoms with E-state index in [2.05, 4.69) is 5.43 Å². The highest BCUT2D eigenvalue weighted by Crippen LogP contribution is 2.42. The highest BCUT2D eigenvalue weighted by Gasteiger charge is 2.42. The molecule has 0 aromatic heterocycles. The quantitative estimate of drug-likeness (QED) is 0.506. The molecule has 1 saturated carbocycles. The van der Waals surface area contributed by atoms with Crippen LogP contribution in [0.3, 0.4) is 0 Å². The molecule has 0 bridgehead atoms. The number of halogens is 4. The number of rotatable bonds is 3. The van der Waals surface area contributed by atoms with Gasteiger partial charge < -0.3 is 0 Å². The van der Waals surface area contributed by atoms with E-state index in [1.807, 2.05) is 0 Å². The van der Waals surface area contributed by atoms with Crippen molar-refractivity contribution in [2.75, 3.05) is 0 Å². The Bertz CT molecular complexity index is 422. The zero-order valence-electron chi connectivity index (χ0n) is 11.0. The van der Waals surface area contributed by atoms with Crippen LogP contribution in [0.25, 0.3) is 0 Å². The van der Waals surface area contributed by atoms with Crippen molar-refractivity contribution < 1.29 is 17.6 Å². The smallest absolute Gasteiger partial charge is 0.271 e. The molecular formula is C14H18F4N2. The van der Waals surface area contributed by atoms with E-state index < -0.39 is 12.1 Å². The first-order valence-corrected chi connectivity index (χ1v) is 6.70. The van der Waals surface area contributed by atoms with Crippen LogP contribution in [0.4, 0.5) is 17.6 Å². The summed E-state index contributed by atoms with van der Waals surface area (Å²) in [6.07, 6.45) is -2.90. The second kappa shape index (κ2) is 6.10. The molecule has 0 saturated heterocycles. The molecule has 1 aliphatic rings. The third-order valence-corrected chi connectivity index (χ3v) is 4.11. The number of hydrogen-bond donors (Lipinski definition) is 2. The molecule has 0 radical (unpaired) electrons. The lowest BCUT2D eigenvalue weighted by Gasteiger charge is -2.34. The maximum atomic E-state index is 12.9. The fraction of sp³-hybridized carbons (Fsp3) is 0.571. The van der Waals surface area contributed by atoms with Crippen LogP contribution in [-0.2, 0) is 0 Å². The van der Waals surface area contributed by atoms with Crippen molar-refractivity contribution in [3.63, 3.8) is 0 Å². The second-order valence-electron chi connectivity index (χ2n) is 5.35. The first kappa shape index (κ1) is 15.3. The van der Waals surface area contributed by atoms with Crippen molar-refractivity contribution >= 4 is 0 Å². The van der Waals surface area contributed by atoms with Crippen LogP contribution in [0, 0.1) is 17.7 Å². The van der Waals surface area contributed by atoms with E-state index in [1.54, 1.807) is 12.1 Å². The van der Waals surface area contributed by atoms with Gasteiger partial charge in [0, 0.05) is 6.04 Å². The topological polar surface area (TPSA) is 38.0 Å². The molecule has 1 fully saturated rings. The van der Waals surface area contributed by atoms with Crippen molar-refractivity contribution in [2.24, 2.45) is 17.7 Å². The van der Waals surface area contributed by atoms with Gasteiger partial charge in [0.05, 0.1) is 5.92 Å². The van der Waals surface area contributed by atoms with Crippen LogP contribution < -0.4 is 11.3 Å². The molecule has 0 spiro atoms. The fourth-order valence-electron chi connectivity index (χ4n) is 2.95. The zero-order chi connectivity index (χ0) is 14.8. The minimum absolute atomic E-state index is 0.0454. The van der Waals surface area contributed by atoms with E-state index >= 15 is 0 Å². The molecule has 0 amide bonds. The van der Waals surface area contributed by atoms with Crippen molar-refractivity contribution in [3.8, 4) is 0 Å². The van der Waals surface area contributed by atoms with Gasteiger partial charge in [0.15, 0.2) is 0 Å². The Kier molecular flexibility index (Phi) is 4.65. The summed E-state index contributed by atoms with van der Waals surface area (Å²) in [6.45, 7) is 0. The van der Waals surface area contributed by atoms with Crippen molar-refractivity contribution in [2.45, 2.75) is 37.9 Å². The first-order chi connectivity index (χ1) is 9.41. The molecule has 0 aliphatic heterocycles. The molecule has 0 heterocycles. The Morgan fingerprint density at radius 2 is 1.60 bits per heavy atom. The normalized spacial score (nSPS) is 25.4. The molecule has 20 heavy (non-hydrogen) atoms. The van der Waals surface area contributed by atoms with Gasteiger partial charge in [-0.05, 0) is 49.3 Å². The van der Waals surface area contributed by atoms with Gasteiger partial charge in [-0.3, -0.25) is 11.3 Å². The van der Waals surface area contributed by atoms with Crippen LogP contribution in [-0.4, -0.2) is 6.18 Å². The monoisotopic (exact) mass is 290 g/mol. The van der Waals surface area contributed by atoms with Crippen LogP contribution in [0.15, 0.2) is 24.3 Å². The highest BCUT2D eigenvalue weighted by atomic mass is 19.4. The molecule has 3 N–H and O–H groups in total. The average Bonchev–Trinajstić information content (AvgIpc) is 2.41. The van der Waals surface area contributed by atoms with Crippen molar-refractivity contribution in [1.29, 1.82) is 0 Å². The van der Waals surface area contributed by atoms with Crippen molar-refractivity contribution in [1.82, 2.24) is 5.43 Å². The molecule has 2 nitrogen and oxygen atoms in total. The summed E-state index contributed by atoms with van der Waals surface area (Å²) in [6, 6.07) is 5.68. The molecular weight excluding hydrogens is 272 g/mol. The molecule has 1 aliphatic carbocycles. The van der Waals surface area contributed by atoms with E-state index in [0.717, 1.165) is 5.56 Å². The Morgan fingerprint density at radius 3 is 2.05 bits per heavy atom. The van der Waals surface area contributed by atoms with Gasteiger partial charge in [0.25, 0.3) is 0 Å². The van der Waals surface area contributed by atoms with E-state index in [9.17, 15) is 17.6 Å². The third kappa shape index (κ3) is 3.49. The predicted octanol–water partition coefficient (Wildman–Crippen LogP) is 3.70. The van der Waals surface area contributed by atoms with E-state index in [0.29, 0.717) is 12.8 Å². The molecule has 1 atom stereocenters. The SMILES string of the molecule is NNC(c1ccc(F)cc1)C1CCC(C(F)(F)F)CC1. The number of hydrogen-bond acceptors (Lipinski definition) is 2. The highest BCUT2D eigenvalue weighted by molar-refractivity contribution is 5.20. The summed E-state index contributed by atoms with van der Waals surface area (Å²) in [5.74, 6) is 4.03. The summed E-state index contributed by atoms with van der Waals surface area (Å²) < 4.78 is 50.8. The summed E-state index contributed by atoms with van der Waals surface area (Å²) in [5, 5.41) is 0. The lowest BCUT2D eigenvalue weighted by Crippen LogP contribution is -2.37. The predicted molar refractivity (Wildman–Crippen MR) is 68.0 cm³/mol. The largest absolute Gasteiger partial charge is 0.391 e. The summed E-state index contributed by atoms with van der Waals surface area (Å²) >= 11 is 0. The Morgan fingerprint density at radius 1 is 1.05 bits per heavy atom. The molecule has 6 heteroatoms. The van der Waals surface area contributed by atoms with Gasteiger partial charge in [0.1, 0.15) is 5.82 Å². The first-order valence-electron chi connectivity index (χ1n) is 6.70.